The van der Waals surface area contributed by atoms with Crippen molar-refractivity contribution in [2.45, 2.75) is 50.3 Å². The second-order valence-electron chi connectivity index (χ2n) is 5.61. The highest BCUT2D eigenvalue weighted by Crippen LogP contribution is 2.42. The molecule has 19 heavy (non-hydrogen) atoms. The minimum Gasteiger partial charge on any atom is -0.465 e. The molecule has 3 heterocycles. The molecule has 1 N–H and O–H groups in total. The van der Waals surface area contributed by atoms with Gasteiger partial charge in [-0.1, -0.05) is 0 Å². The van der Waals surface area contributed by atoms with Gasteiger partial charge in [-0.15, -0.1) is 0 Å². The van der Waals surface area contributed by atoms with Crippen molar-refractivity contribution < 1.29 is 19.1 Å². The standard InChI is InChI=1S/C13H20N2O4/c1-2-18-11(16)8-15-7-10-13(19-12(15)17)5-3-9(14-10)4-6-13/h9-10,14H,2-8H2,1H3. The molecule has 1 unspecified atom stereocenters. The number of hydrogen-bond acceptors (Lipinski definition) is 5. The summed E-state index contributed by atoms with van der Waals surface area (Å²) < 4.78 is 10.6. The predicted molar refractivity (Wildman–Crippen MR) is 66.6 cm³/mol. The number of hydrogen-bond donors (Lipinski definition) is 1. The van der Waals surface area contributed by atoms with Crippen molar-refractivity contribution in [3.63, 3.8) is 0 Å². The first-order valence-electron chi connectivity index (χ1n) is 7.02. The van der Waals surface area contributed by atoms with E-state index in [1.165, 1.54) is 4.90 Å². The lowest BCUT2D eigenvalue weighted by atomic mass is 9.71. The normalized spacial score (nSPS) is 36.7. The van der Waals surface area contributed by atoms with Crippen LogP contribution >= 0.6 is 0 Å². The van der Waals surface area contributed by atoms with Gasteiger partial charge in [0.25, 0.3) is 0 Å². The first-order chi connectivity index (χ1) is 9.13. The summed E-state index contributed by atoms with van der Waals surface area (Å²) in [6.45, 7) is 2.60. The minimum absolute atomic E-state index is 0.0222. The third-order valence-electron chi connectivity index (χ3n) is 4.48. The Labute approximate surface area is 112 Å². The van der Waals surface area contributed by atoms with E-state index in [0.717, 1.165) is 25.7 Å². The van der Waals surface area contributed by atoms with Crippen molar-refractivity contribution in [2.24, 2.45) is 0 Å². The van der Waals surface area contributed by atoms with Crippen LogP contribution in [0.2, 0.25) is 0 Å². The molecule has 6 heteroatoms. The van der Waals surface area contributed by atoms with Crippen LogP contribution in [0, 0.1) is 0 Å². The topological polar surface area (TPSA) is 67.9 Å². The Morgan fingerprint density at radius 2 is 2.26 bits per heavy atom. The molecule has 4 fully saturated rings. The van der Waals surface area contributed by atoms with E-state index in [1.54, 1.807) is 6.92 Å². The van der Waals surface area contributed by atoms with Crippen LogP contribution in [0.3, 0.4) is 0 Å². The van der Waals surface area contributed by atoms with Crippen LogP contribution in [0.4, 0.5) is 4.79 Å². The summed E-state index contributed by atoms with van der Waals surface area (Å²) in [6.07, 6.45) is 3.64. The van der Waals surface area contributed by atoms with Gasteiger partial charge >= 0.3 is 12.1 Å². The van der Waals surface area contributed by atoms with Crippen LogP contribution in [0.5, 0.6) is 0 Å². The van der Waals surface area contributed by atoms with Crippen LogP contribution in [-0.4, -0.2) is 54.3 Å². The van der Waals surface area contributed by atoms with Gasteiger partial charge in [-0.05, 0) is 32.6 Å². The molecule has 4 aliphatic rings. The van der Waals surface area contributed by atoms with Crippen LogP contribution in [0.15, 0.2) is 0 Å². The summed E-state index contributed by atoms with van der Waals surface area (Å²) in [4.78, 5) is 25.0. The van der Waals surface area contributed by atoms with Crippen LogP contribution < -0.4 is 5.32 Å². The summed E-state index contributed by atoms with van der Waals surface area (Å²) in [5.74, 6) is -0.378. The lowest BCUT2D eigenvalue weighted by Crippen LogP contribution is -2.71. The monoisotopic (exact) mass is 268 g/mol. The van der Waals surface area contributed by atoms with Gasteiger partial charge in [-0.3, -0.25) is 9.69 Å². The number of amides is 1. The Hall–Kier alpha value is -1.30. The fourth-order valence-corrected chi connectivity index (χ4v) is 3.48. The molecule has 1 aliphatic carbocycles. The number of nitrogens with zero attached hydrogens (tertiary/aromatic N) is 1. The summed E-state index contributed by atoms with van der Waals surface area (Å²) in [5, 5.41) is 3.53. The minimum atomic E-state index is -0.383. The number of piperidine rings is 2. The number of nitrogens with one attached hydrogen (secondary N) is 1. The van der Waals surface area contributed by atoms with Gasteiger partial charge in [0.15, 0.2) is 0 Å². The largest absolute Gasteiger partial charge is 0.465 e. The van der Waals surface area contributed by atoms with Crippen molar-refractivity contribution in [1.29, 1.82) is 0 Å². The summed E-state index contributed by atoms with van der Waals surface area (Å²) in [6, 6.07) is 0.681. The van der Waals surface area contributed by atoms with Gasteiger partial charge in [0.1, 0.15) is 12.1 Å². The van der Waals surface area contributed by atoms with Crippen LogP contribution in [0.25, 0.3) is 0 Å². The average molecular weight is 268 g/mol. The summed E-state index contributed by atoms with van der Waals surface area (Å²) >= 11 is 0. The van der Waals surface area contributed by atoms with Gasteiger partial charge in [0.2, 0.25) is 0 Å². The number of ether oxygens (including phenoxy) is 2. The van der Waals surface area contributed by atoms with Crippen molar-refractivity contribution in [3.05, 3.63) is 0 Å². The Morgan fingerprint density at radius 1 is 1.53 bits per heavy atom. The van der Waals surface area contributed by atoms with E-state index in [0.29, 0.717) is 19.2 Å². The average Bonchev–Trinajstić information content (AvgIpc) is 2.39. The zero-order chi connectivity index (χ0) is 13.5. The van der Waals surface area contributed by atoms with Gasteiger partial charge in [0, 0.05) is 12.6 Å². The molecule has 0 aromatic rings. The van der Waals surface area contributed by atoms with Gasteiger partial charge in [-0.2, -0.15) is 0 Å². The molecule has 106 valence electrons. The SMILES string of the molecule is CCOC(=O)CN1CC2NC3CCC2(CC3)OC1=O. The molecule has 2 bridgehead atoms. The molecule has 0 aromatic heterocycles. The molecule has 1 atom stereocenters. The zero-order valence-electron chi connectivity index (χ0n) is 11.2. The van der Waals surface area contributed by atoms with Gasteiger partial charge < -0.3 is 14.8 Å². The summed E-state index contributed by atoms with van der Waals surface area (Å²) in [7, 11) is 0. The number of rotatable bonds is 3. The second-order valence-corrected chi connectivity index (χ2v) is 5.61. The number of carbonyl (C=O) groups excluding carboxylic acids is 2. The molecule has 6 nitrogen and oxygen atoms in total. The van der Waals surface area contributed by atoms with E-state index in [9.17, 15) is 9.59 Å². The van der Waals surface area contributed by atoms with E-state index >= 15 is 0 Å². The van der Waals surface area contributed by atoms with E-state index in [-0.39, 0.29) is 30.3 Å². The molecular weight excluding hydrogens is 248 g/mol. The molecular formula is C13H20N2O4. The second kappa shape index (κ2) is 4.67. The fraction of sp³-hybridized carbons (Fsp3) is 0.846. The van der Waals surface area contributed by atoms with E-state index in [1.807, 2.05) is 0 Å². The lowest BCUT2D eigenvalue weighted by molar-refractivity contribution is -0.150. The van der Waals surface area contributed by atoms with E-state index in [4.69, 9.17) is 9.47 Å². The molecule has 1 saturated carbocycles. The molecule has 4 rings (SSSR count). The fourth-order valence-electron chi connectivity index (χ4n) is 3.48. The molecule has 0 aromatic carbocycles. The van der Waals surface area contributed by atoms with Crippen molar-refractivity contribution in [2.75, 3.05) is 19.7 Å². The van der Waals surface area contributed by atoms with Crippen LogP contribution in [-0.2, 0) is 14.3 Å². The van der Waals surface area contributed by atoms with Gasteiger partial charge in [-0.25, -0.2) is 4.79 Å². The predicted octanol–water partition coefficient (Wildman–Crippen LogP) is 0.655. The highest BCUT2D eigenvalue weighted by molar-refractivity contribution is 5.78. The third-order valence-corrected chi connectivity index (χ3v) is 4.48. The quantitative estimate of drug-likeness (QED) is 0.761. The maximum absolute atomic E-state index is 12.0. The number of fused-ring (bicyclic) bond motifs is 2. The maximum atomic E-state index is 12.0. The summed E-state index contributed by atoms with van der Waals surface area (Å²) in [5.41, 5.74) is -0.336. The van der Waals surface area contributed by atoms with Crippen molar-refractivity contribution in [3.8, 4) is 0 Å². The van der Waals surface area contributed by atoms with Crippen molar-refractivity contribution in [1.82, 2.24) is 10.2 Å². The van der Waals surface area contributed by atoms with Gasteiger partial charge in [0.05, 0.1) is 12.6 Å². The molecule has 0 radical (unpaired) electrons. The Kier molecular flexibility index (Phi) is 3.12. The molecule has 3 saturated heterocycles. The van der Waals surface area contributed by atoms with E-state index in [2.05, 4.69) is 5.32 Å². The van der Waals surface area contributed by atoms with Crippen LogP contribution in [0.1, 0.15) is 32.6 Å². The van der Waals surface area contributed by atoms with Crippen molar-refractivity contribution >= 4 is 12.1 Å². The number of carbonyl (C=O) groups is 2. The number of esters is 1. The maximum Gasteiger partial charge on any atom is 0.410 e. The first kappa shape index (κ1) is 12.7. The Balaban J connectivity index is 1.68. The zero-order valence-corrected chi connectivity index (χ0v) is 11.2. The highest BCUT2D eigenvalue weighted by atomic mass is 16.6. The molecule has 1 amide bonds. The molecule has 3 aliphatic heterocycles. The highest BCUT2D eigenvalue weighted by Gasteiger charge is 2.54. The first-order valence-corrected chi connectivity index (χ1v) is 7.02. The van der Waals surface area contributed by atoms with E-state index < -0.39 is 0 Å². The Morgan fingerprint density at radius 3 is 2.95 bits per heavy atom. The molecule has 1 spiro atoms. The Bertz CT molecular complexity index is 390. The smallest absolute Gasteiger partial charge is 0.410 e. The third kappa shape index (κ3) is 2.18. The lowest BCUT2D eigenvalue weighted by Gasteiger charge is -2.55.